The van der Waals surface area contributed by atoms with Crippen molar-refractivity contribution in [2.24, 2.45) is 13.0 Å². The Morgan fingerprint density at radius 1 is 1.27 bits per heavy atom. The van der Waals surface area contributed by atoms with Gasteiger partial charge in [0, 0.05) is 30.5 Å². The number of aliphatic hydroxyl groups excluding tert-OH is 1. The van der Waals surface area contributed by atoms with Gasteiger partial charge in [-0.05, 0) is 31.9 Å². The molecule has 0 aliphatic heterocycles. The fourth-order valence-electron chi connectivity index (χ4n) is 3.75. The van der Waals surface area contributed by atoms with Crippen LogP contribution < -0.4 is 10.6 Å². The SMILES string of the molecule is C[C@@H](O)CNC(=O)[C@@H]1CCCC[C@@H]1NC(=O)c1cc2ccccc2n1C. The number of nitrogens with zero attached hydrogens (tertiary/aromatic N) is 1. The van der Waals surface area contributed by atoms with Crippen molar-refractivity contribution >= 4 is 22.7 Å². The van der Waals surface area contributed by atoms with Gasteiger partial charge in [0.25, 0.3) is 5.91 Å². The van der Waals surface area contributed by atoms with E-state index in [0.29, 0.717) is 5.69 Å². The van der Waals surface area contributed by atoms with E-state index in [2.05, 4.69) is 10.6 Å². The third-order valence-electron chi connectivity index (χ3n) is 5.18. The van der Waals surface area contributed by atoms with E-state index in [4.69, 9.17) is 0 Å². The first-order chi connectivity index (χ1) is 12.5. The third kappa shape index (κ3) is 3.90. The van der Waals surface area contributed by atoms with Crippen LogP contribution in [-0.2, 0) is 11.8 Å². The van der Waals surface area contributed by atoms with Crippen molar-refractivity contribution in [2.45, 2.75) is 44.8 Å². The molecule has 3 rings (SSSR count). The molecular formula is C20H27N3O3. The third-order valence-corrected chi connectivity index (χ3v) is 5.18. The molecular weight excluding hydrogens is 330 g/mol. The number of aliphatic hydroxyl groups is 1. The summed E-state index contributed by atoms with van der Waals surface area (Å²) >= 11 is 0. The Hall–Kier alpha value is -2.34. The second kappa shape index (κ2) is 7.91. The van der Waals surface area contributed by atoms with Crippen LogP contribution in [0.2, 0.25) is 0 Å². The first-order valence-corrected chi connectivity index (χ1v) is 9.28. The summed E-state index contributed by atoms with van der Waals surface area (Å²) in [7, 11) is 1.88. The molecule has 0 unspecified atom stereocenters. The second-order valence-corrected chi connectivity index (χ2v) is 7.21. The van der Waals surface area contributed by atoms with Crippen molar-refractivity contribution in [1.29, 1.82) is 0 Å². The van der Waals surface area contributed by atoms with Crippen LogP contribution in [0.4, 0.5) is 0 Å². The summed E-state index contributed by atoms with van der Waals surface area (Å²) in [6, 6.07) is 9.58. The van der Waals surface area contributed by atoms with Crippen LogP contribution in [0, 0.1) is 5.92 Å². The molecule has 3 atom stereocenters. The number of carbonyl (C=O) groups is 2. The largest absolute Gasteiger partial charge is 0.392 e. The van der Waals surface area contributed by atoms with E-state index in [1.54, 1.807) is 6.92 Å². The van der Waals surface area contributed by atoms with Crippen LogP contribution in [0.1, 0.15) is 43.1 Å². The Bertz CT molecular complexity index is 797. The van der Waals surface area contributed by atoms with E-state index in [-0.39, 0.29) is 30.3 Å². The minimum absolute atomic E-state index is 0.0899. The van der Waals surface area contributed by atoms with Crippen LogP contribution in [0.25, 0.3) is 10.9 Å². The number of aryl methyl sites for hydroxylation is 1. The Kier molecular flexibility index (Phi) is 5.61. The highest BCUT2D eigenvalue weighted by molar-refractivity contribution is 5.99. The first kappa shape index (κ1) is 18.5. The molecule has 6 nitrogen and oxygen atoms in total. The van der Waals surface area contributed by atoms with Crippen molar-refractivity contribution < 1.29 is 14.7 Å². The second-order valence-electron chi connectivity index (χ2n) is 7.21. The molecule has 2 aromatic rings. The fraction of sp³-hybridized carbons (Fsp3) is 0.500. The topological polar surface area (TPSA) is 83.4 Å². The average molecular weight is 357 g/mol. The fourth-order valence-corrected chi connectivity index (χ4v) is 3.75. The lowest BCUT2D eigenvalue weighted by molar-refractivity contribution is -0.127. The Morgan fingerprint density at radius 2 is 2.00 bits per heavy atom. The van der Waals surface area contributed by atoms with Gasteiger partial charge in [-0.25, -0.2) is 0 Å². The number of carbonyl (C=O) groups excluding carboxylic acids is 2. The van der Waals surface area contributed by atoms with E-state index in [0.717, 1.165) is 36.6 Å². The minimum atomic E-state index is -0.577. The zero-order valence-corrected chi connectivity index (χ0v) is 15.4. The summed E-state index contributed by atoms with van der Waals surface area (Å²) in [5.74, 6) is -0.488. The predicted molar refractivity (Wildman–Crippen MR) is 101 cm³/mol. The highest BCUT2D eigenvalue weighted by atomic mass is 16.3. The van der Waals surface area contributed by atoms with E-state index < -0.39 is 6.10 Å². The molecule has 6 heteroatoms. The van der Waals surface area contributed by atoms with Crippen molar-refractivity contribution in [3.8, 4) is 0 Å². The maximum Gasteiger partial charge on any atom is 0.268 e. The molecule has 0 bridgehead atoms. The van der Waals surface area contributed by atoms with E-state index >= 15 is 0 Å². The van der Waals surface area contributed by atoms with E-state index in [1.165, 1.54) is 0 Å². The molecule has 0 saturated heterocycles. The lowest BCUT2D eigenvalue weighted by Crippen LogP contribution is -2.49. The molecule has 1 aliphatic rings. The number of hydrogen-bond donors (Lipinski definition) is 3. The molecule has 26 heavy (non-hydrogen) atoms. The van der Waals surface area contributed by atoms with Gasteiger partial charge < -0.3 is 20.3 Å². The van der Waals surface area contributed by atoms with Gasteiger partial charge in [-0.1, -0.05) is 31.0 Å². The van der Waals surface area contributed by atoms with Gasteiger partial charge >= 0.3 is 0 Å². The summed E-state index contributed by atoms with van der Waals surface area (Å²) in [6.07, 6.45) is 2.95. The molecule has 1 saturated carbocycles. The molecule has 140 valence electrons. The zero-order valence-electron chi connectivity index (χ0n) is 15.4. The Balaban J connectivity index is 1.73. The lowest BCUT2D eigenvalue weighted by Gasteiger charge is -2.31. The van der Waals surface area contributed by atoms with Gasteiger partial charge in [0.05, 0.1) is 12.0 Å². The molecule has 2 amide bonds. The number of benzene rings is 1. The van der Waals surface area contributed by atoms with Crippen molar-refractivity contribution in [1.82, 2.24) is 15.2 Å². The monoisotopic (exact) mass is 357 g/mol. The molecule has 1 aliphatic carbocycles. The smallest absolute Gasteiger partial charge is 0.268 e. The van der Waals surface area contributed by atoms with Crippen molar-refractivity contribution in [3.63, 3.8) is 0 Å². The number of rotatable bonds is 5. The van der Waals surface area contributed by atoms with Crippen molar-refractivity contribution in [3.05, 3.63) is 36.0 Å². The number of fused-ring (bicyclic) bond motifs is 1. The predicted octanol–water partition coefficient (Wildman–Crippen LogP) is 1.96. The molecule has 1 aromatic heterocycles. The normalized spacial score (nSPS) is 21.3. The summed E-state index contributed by atoms with van der Waals surface area (Å²) in [5.41, 5.74) is 1.60. The number of amides is 2. The average Bonchev–Trinajstić information content (AvgIpc) is 2.97. The van der Waals surface area contributed by atoms with Gasteiger partial charge in [0.2, 0.25) is 5.91 Å². The van der Waals surface area contributed by atoms with E-state index in [9.17, 15) is 14.7 Å². The number of para-hydroxylation sites is 1. The van der Waals surface area contributed by atoms with Crippen molar-refractivity contribution in [2.75, 3.05) is 6.54 Å². The van der Waals surface area contributed by atoms with Crippen LogP contribution in [0.5, 0.6) is 0 Å². The number of aromatic nitrogens is 1. The Labute approximate surface area is 153 Å². The summed E-state index contributed by atoms with van der Waals surface area (Å²) < 4.78 is 1.88. The van der Waals surface area contributed by atoms with E-state index in [1.807, 2.05) is 41.9 Å². The lowest BCUT2D eigenvalue weighted by atomic mass is 9.83. The van der Waals surface area contributed by atoms with Gasteiger partial charge in [-0.3, -0.25) is 9.59 Å². The number of hydrogen-bond acceptors (Lipinski definition) is 3. The molecule has 1 fully saturated rings. The highest BCUT2D eigenvalue weighted by Crippen LogP contribution is 2.26. The minimum Gasteiger partial charge on any atom is -0.392 e. The zero-order chi connectivity index (χ0) is 18.7. The van der Waals surface area contributed by atoms with Gasteiger partial charge in [0.15, 0.2) is 0 Å². The number of nitrogens with one attached hydrogen (secondary N) is 2. The molecule has 0 spiro atoms. The van der Waals surface area contributed by atoms with Crippen LogP contribution >= 0.6 is 0 Å². The highest BCUT2D eigenvalue weighted by Gasteiger charge is 2.32. The molecule has 0 radical (unpaired) electrons. The summed E-state index contributed by atoms with van der Waals surface area (Å²) in [5, 5.41) is 16.2. The Morgan fingerprint density at radius 3 is 2.73 bits per heavy atom. The first-order valence-electron chi connectivity index (χ1n) is 9.28. The van der Waals surface area contributed by atoms with Gasteiger partial charge in [-0.15, -0.1) is 0 Å². The van der Waals surface area contributed by atoms with Crippen LogP contribution in [0.15, 0.2) is 30.3 Å². The maximum atomic E-state index is 12.8. The standard InChI is InChI=1S/C20H27N3O3/c1-13(24)12-21-19(25)15-8-4-5-9-16(15)22-20(26)18-11-14-7-3-6-10-17(14)23(18)2/h3,6-7,10-11,13,15-16,24H,4-5,8-9,12H2,1-2H3,(H,21,25)(H,22,26)/t13-,15-,16+/m1/s1. The van der Waals surface area contributed by atoms with Crippen LogP contribution in [-0.4, -0.2) is 40.2 Å². The maximum absolute atomic E-state index is 12.8. The molecule has 3 N–H and O–H groups in total. The van der Waals surface area contributed by atoms with Gasteiger partial charge in [0.1, 0.15) is 5.69 Å². The van der Waals surface area contributed by atoms with Gasteiger partial charge in [-0.2, -0.15) is 0 Å². The van der Waals surface area contributed by atoms with Crippen LogP contribution in [0.3, 0.4) is 0 Å². The molecule has 1 heterocycles. The quantitative estimate of drug-likeness (QED) is 0.765. The summed E-state index contributed by atoms with van der Waals surface area (Å²) in [4.78, 5) is 25.3. The molecule has 1 aromatic carbocycles. The summed E-state index contributed by atoms with van der Waals surface area (Å²) in [6.45, 7) is 1.87.